The van der Waals surface area contributed by atoms with Gasteiger partial charge in [0.2, 0.25) is 0 Å². The van der Waals surface area contributed by atoms with Crippen molar-refractivity contribution in [2.24, 2.45) is 10.5 Å². The van der Waals surface area contributed by atoms with Crippen molar-refractivity contribution < 1.29 is 4.79 Å². The van der Waals surface area contributed by atoms with Crippen molar-refractivity contribution in [1.82, 2.24) is 9.99 Å². The average molecular weight is 307 g/mol. The predicted octanol–water partition coefficient (Wildman–Crippen LogP) is 4.07. The first-order valence-corrected chi connectivity index (χ1v) is 7.83. The Bertz CT molecular complexity index is 717. The van der Waals surface area contributed by atoms with E-state index in [0.717, 1.165) is 17.7 Å². The van der Waals surface area contributed by atoms with E-state index in [1.807, 2.05) is 48.7 Å². The molecule has 0 saturated carbocycles. The molecule has 1 aromatic carbocycles. The van der Waals surface area contributed by atoms with Crippen LogP contribution >= 0.6 is 0 Å². The normalized spacial score (nSPS) is 18.0. The SMILES string of the molecule is CC(C)(C)C1=NN(C(=O)c2ccccc2)C(c2cccnc2)C1. The highest BCUT2D eigenvalue weighted by Gasteiger charge is 2.37. The second-order valence-electron chi connectivity index (χ2n) is 6.82. The van der Waals surface area contributed by atoms with Crippen LogP contribution in [-0.4, -0.2) is 21.6 Å². The minimum atomic E-state index is -0.0920. The van der Waals surface area contributed by atoms with Crippen molar-refractivity contribution in [1.29, 1.82) is 0 Å². The lowest BCUT2D eigenvalue weighted by Gasteiger charge is -2.22. The fraction of sp³-hybridized carbons (Fsp3) is 0.316. The van der Waals surface area contributed by atoms with E-state index in [0.29, 0.717) is 5.56 Å². The van der Waals surface area contributed by atoms with Crippen LogP contribution in [0.1, 0.15) is 49.2 Å². The Balaban J connectivity index is 1.98. The molecule has 4 nitrogen and oxygen atoms in total. The zero-order chi connectivity index (χ0) is 16.4. The number of carbonyl (C=O) groups is 1. The van der Waals surface area contributed by atoms with Gasteiger partial charge in [-0.3, -0.25) is 9.78 Å². The first kappa shape index (κ1) is 15.4. The van der Waals surface area contributed by atoms with E-state index in [-0.39, 0.29) is 17.4 Å². The Morgan fingerprint density at radius 3 is 2.48 bits per heavy atom. The second-order valence-corrected chi connectivity index (χ2v) is 6.82. The van der Waals surface area contributed by atoms with Gasteiger partial charge < -0.3 is 0 Å². The van der Waals surface area contributed by atoms with E-state index in [4.69, 9.17) is 0 Å². The van der Waals surface area contributed by atoms with E-state index in [1.165, 1.54) is 0 Å². The van der Waals surface area contributed by atoms with Gasteiger partial charge in [0, 0.05) is 35.5 Å². The molecule has 3 rings (SSSR count). The highest BCUT2D eigenvalue weighted by atomic mass is 16.2. The van der Waals surface area contributed by atoms with E-state index in [1.54, 1.807) is 11.2 Å². The van der Waals surface area contributed by atoms with Gasteiger partial charge in [0.15, 0.2) is 0 Å². The van der Waals surface area contributed by atoms with Gasteiger partial charge in [0.25, 0.3) is 5.91 Å². The molecule has 4 heteroatoms. The first-order chi connectivity index (χ1) is 11.0. The molecule has 0 N–H and O–H groups in total. The molecule has 2 aromatic rings. The molecule has 1 aliphatic rings. The van der Waals surface area contributed by atoms with Crippen molar-refractivity contribution in [3.63, 3.8) is 0 Å². The summed E-state index contributed by atoms with van der Waals surface area (Å²) in [7, 11) is 0. The molecule has 1 unspecified atom stereocenters. The quantitative estimate of drug-likeness (QED) is 0.839. The standard InChI is InChI=1S/C19H21N3O/c1-19(2,3)17-12-16(15-10-7-11-20-13-15)22(21-17)18(23)14-8-5-4-6-9-14/h4-11,13,16H,12H2,1-3H3. The largest absolute Gasteiger partial charge is 0.274 e. The van der Waals surface area contributed by atoms with Crippen LogP contribution in [0.25, 0.3) is 0 Å². The molecule has 23 heavy (non-hydrogen) atoms. The molecule has 1 atom stereocenters. The second kappa shape index (κ2) is 5.95. The lowest BCUT2D eigenvalue weighted by atomic mass is 9.86. The topological polar surface area (TPSA) is 45.6 Å². The van der Waals surface area contributed by atoms with Crippen LogP contribution in [0.3, 0.4) is 0 Å². The van der Waals surface area contributed by atoms with Gasteiger partial charge in [-0.1, -0.05) is 45.0 Å². The summed E-state index contributed by atoms with van der Waals surface area (Å²) in [6.07, 6.45) is 4.30. The summed E-state index contributed by atoms with van der Waals surface area (Å²) in [6.45, 7) is 6.38. The fourth-order valence-electron chi connectivity index (χ4n) is 2.70. The van der Waals surface area contributed by atoms with E-state index in [2.05, 4.69) is 30.9 Å². The van der Waals surface area contributed by atoms with Gasteiger partial charge in [0.1, 0.15) is 0 Å². The van der Waals surface area contributed by atoms with E-state index in [9.17, 15) is 4.79 Å². The molecule has 1 aromatic heterocycles. The molecule has 0 radical (unpaired) electrons. The molecular weight excluding hydrogens is 286 g/mol. The van der Waals surface area contributed by atoms with Crippen LogP contribution in [0.4, 0.5) is 0 Å². The summed E-state index contributed by atoms with van der Waals surface area (Å²) in [5.41, 5.74) is 2.64. The highest BCUT2D eigenvalue weighted by Crippen LogP contribution is 2.36. The Labute approximate surface area is 136 Å². The Morgan fingerprint density at radius 2 is 1.87 bits per heavy atom. The summed E-state index contributed by atoms with van der Waals surface area (Å²) < 4.78 is 0. The molecule has 0 fully saturated rings. The molecule has 1 aliphatic heterocycles. The molecular formula is C19H21N3O. The predicted molar refractivity (Wildman–Crippen MR) is 91.1 cm³/mol. The average Bonchev–Trinajstić information content (AvgIpc) is 3.01. The van der Waals surface area contributed by atoms with Gasteiger partial charge >= 0.3 is 0 Å². The monoisotopic (exact) mass is 307 g/mol. The zero-order valence-corrected chi connectivity index (χ0v) is 13.7. The summed E-state index contributed by atoms with van der Waals surface area (Å²) in [4.78, 5) is 17.1. The molecule has 118 valence electrons. The summed E-state index contributed by atoms with van der Waals surface area (Å²) in [5.74, 6) is -0.0706. The minimum Gasteiger partial charge on any atom is -0.267 e. The molecule has 0 spiro atoms. The van der Waals surface area contributed by atoms with E-state index >= 15 is 0 Å². The van der Waals surface area contributed by atoms with Crippen LogP contribution < -0.4 is 0 Å². The van der Waals surface area contributed by atoms with Gasteiger partial charge in [-0.2, -0.15) is 5.10 Å². The Morgan fingerprint density at radius 1 is 1.13 bits per heavy atom. The van der Waals surface area contributed by atoms with Crippen LogP contribution in [0.15, 0.2) is 60.0 Å². The van der Waals surface area contributed by atoms with E-state index < -0.39 is 0 Å². The number of benzene rings is 1. The van der Waals surface area contributed by atoms with Crippen LogP contribution in [0.2, 0.25) is 0 Å². The van der Waals surface area contributed by atoms with Gasteiger partial charge in [-0.05, 0) is 23.8 Å². The molecule has 2 heterocycles. The fourth-order valence-corrected chi connectivity index (χ4v) is 2.70. The number of pyridine rings is 1. The maximum atomic E-state index is 12.9. The van der Waals surface area contributed by atoms with Crippen molar-refractivity contribution in [2.75, 3.05) is 0 Å². The van der Waals surface area contributed by atoms with Crippen LogP contribution in [-0.2, 0) is 0 Å². The lowest BCUT2D eigenvalue weighted by molar-refractivity contribution is 0.0711. The van der Waals surface area contributed by atoms with Crippen LogP contribution in [0.5, 0.6) is 0 Å². The molecule has 0 saturated heterocycles. The number of hydrogen-bond donors (Lipinski definition) is 0. The number of aromatic nitrogens is 1. The highest BCUT2D eigenvalue weighted by molar-refractivity contribution is 5.99. The number of carbonyl (C=O) groups excluding carboxylic acids is 1. The third-order valence-electron chi connectivity index (χ3n) is 4.07. The van der Waals surface area contributed by atoms with Crippen molar-refractivity contribution in [3.05, 3.63) is 66.0 Å². The third kappa shape index (κ3) is 3.16. The number of rotatable bonds is 2. The van der Waals surface area contributed by atoms with Crippen molar-refractivity contribution >= 4 is 11.6 Å². The number of amides is 1. The Kier molecular flexibility index (Phi) is 3.99. The number of hydrogen-bond acceptors (Lipinski definition) is 3. The third-order valence-corrected chi connectivity index (χ3v) is 4.07. The van der Waals surface area contributed by atoms with Crippen molar-refractivity contribution in [3.8, 4) is 0 Å². The van der Waals surface area contributed by atoms with Crippen LogP contribution in [0, 0.1) is 5.41 Å². The maximum Gasteiger partial charge on any atom is 0.274 e. The first-order valence-electron chi connectivity index (χ1n) is 7.83. The van der Waals surface area contributed by atoms with Gasteiger partial charge in [0.05, 0.1) is 6.04 Å². The summed E-state index contributed by atoms with van der Waals surface area (Å²) >= 11 is 0. The smallest absolute Gasteiger partial charge is 0.267 e. The number of nitrogens with zero attached hydrogens (tertiary/aromatic N) is 3. The molecule has 1 amide bonds. The minimum absolute atomic E-state index is 0.0633. The Hall–Kier alpha value is -2.49. The molecule has 0 bridgehead atoms. The zero-order valence-electron chi connectivity index (χ0n) is 13.7. The maximum absolute atomic E-state index is 12.9. The summed E-state index contributed by atoms with van der Waals surface area (Å²) in [5, 5.41) is 6.28. The summed E-state index contributed by atoms with van der Waals surface area (Å²) in [6, 6.07) is 13.1. The van der Waals surface area contributed by atoms with Crippen molar-refractivity contribution in [2.45, 2.75) is 33.2 Å². The van der Waals surface area contributed by atoms with Gasteiger partial charge in [-0.15, -0.1) is 0 Å². The lowest BCUT2D eigenvalue weighted by Crippen LogP contribution is -2.27. The molecule has 0 aliphatic carbocycles. The number of hydrazone groups is 1. The van der Waals surface area contributed by atoms with Gasteiger partial charge in [-0.25, -0.2) is 5.01 Å².